The Hall–Kier alpha value is -0.810. The Morgan fingerprint density at radius 2 is 1.94 bits per heavy atom. The Bertz CT molecular complexity index is 447. The summed E-state index contributed by atoms with van der Waals surface area (Å²) in [6, 6.07) is 4.49. The molecule has 1 aromatic carbocycles. The summed E-state index contributed by atoms with van der Waals surface area (Å²) in [5, 5.41) is 13.6. The van der Waals surface area contributed by atoms with Gasteiger partial charge in [-0.15, -0.1) is 0 Å². The van der Waals surface area contributed by atoms with Crippen LogP contribution in [-0.2, 0) is 0 Å². The van der Waals surface area contributed by atoms with E-state index >= 15 is 0 Å². The zero-order valence-electron chi connectivity index (χ0n) is 9.86. The first kappa shape index (κ1) is 13.6. The summed E-state index contributed by atoms with van der Waals surface area (Å²) < 4.78 is 0. The van der Waals surface area contributed by atoms with Crippen LogP contribution in [0.15, 0.2) is 18.2 Å². The molecule has 6 heteroatoms. The number of carbonyl (C=O) groups is 1. The molecule has 0 aromatic heterocycles. The summed E-state index contributed by atoms with van der Waals surface area (Å²) in [7, 11) is 1.66. The molecule has 0 radical (unpaired) electrons. The molecule has 2 atom stereocenters. The predicted molar refractivity (Wildman–Crippen MR) is 71.2 cm³/mol. The van der Waals surface area contributed by atoms with Crippen LogP contribution in [0.25, 0.3) is 0 Å². The van der Waals surface area contributed by atoms with E-state index in [2.05, 4.69) is 5.32 Å². The molecule has 0 saturated carbocycles. The molecule has 1 amide bonds. The van der Waals surface area contributed by atoms with E-state index in [-0.39, 0.29) is 11.9 Å². The average Bonchev–Trinajstić information content (AvgIpc) is 2.72. The van der Waals surface area contributed by atoms with Crippen molar-refractivity contribution in [2.24, 2.45) is 0 Å². The van der Waals surface area contributed by atoms with E-state index in [9.17, 15) is 9.90 Å². The maximum absolute atomic E-state index is 12.3. The van der Waals surface area contributed by atoms with E-state index in [1.807, 2.05) is 0 Å². The third kappa shape index (κ3) is 2.78. The van der Waals surface area contributed by atoms with Crippen LogP contribution in [0.4, 0.5) is 0 Å². The summed E-state index contributed by atoms with van der Waals surface area (Å²) >= 11 is 11.7. The van der Waals surface area contributed by atoms with Crippen LogP contribution in [0.3, 0.4) is 0 Å². The number of likely N-dealkylation sites (N-methyl/N-ethyl adjacent to an activating group) is 1. The van der Waals surface area contributed by atoms with Gasteiger partial charge in [0.15, 0.2) is 0 Å². The first-order chi connectivity index (χ1) is 8.49. The summed E-state index contributed by atoms with van der Waals surface area (Å²) in [4.78, 5) is 13.8. The Morgan fingerprint density at radius 3 is 2.44 bits per heavy atom. The summed E-state index contributed by atoms with van der Waals surface area (Å²) in [5.41, 5.74) is 0.425. The summed E-state index contributed by atoms with van der Waals surface area (Å²) in [6.07, 6.45) is -0.548. The second-order valence-electron chi connectivity index (χ2n) is 4.37. The van der Waals surface area contributed by atoms with Crippen molar-refractivity contribution in [2.45, 2.75) is 12.1 Å². The molecule has 0 spiro atoms. The van der Waals surface area contributed by atoms with Gasteiger partial charge in [0.1, 0.15) is 0 Å². The summed E-state index contributed by atoms with van der Waals surface area (Å²) in [5.74, 6) is -0.202. The van der Waals surface area contributed by atoms with Gasteiger partial charge < -0.3 is 15.3 Å². The number of carbonyl (C=O) groups excluding carboxylic acids is 1. The molecule has 1 saturated heterocycles. The average molecular weight is 289 g/mol. The fraction of sp³-hybridized carbons (Fsp3) is 0.417. The van der Waals surface area contributed by atoms with Gasteiger partial charge in [-0.05, 0) is 18.2 Å². The molecule has 1 aliphatic heterocycles. The number of rotatable bonds is 2. The SMILES string of the molecule is CN(C(=O)c1cc(Cl)cc(Cl)c1)[C@H]1CNC[C@@H]1O. The molecule has 1 aromatic rings. The van der Waals surface area contributed by atoms with Gasteiger partial charge in [-0.2, -0.15) is 0 Å². The third-order valence-electron chi connectivity index (χ3n) is 3.08. The van der Waals surface area contributed by atoms with Gasteiger partial charge in [0, 0.05) is 35.7 Å². The number of aliphatic hydroxyl groups is 1. The quantitative estimate of drug-likeness (QED) is 0.865. The van der Waals surface area contributed by atoms with Crippen LogP contribution in [0.5, 0.6) is 0 Å². The van der Waals surface area contributed by atoms with Crippen LogP contribution >= 0.6 is 23.2 Å². The van der Waals surface area contributed by atoms with Gasteiger partial charge in [-0.25, -0.2) is 0 Å². The lowest BCUT2D eigenvalue weighted by molar-refractivity contribution is 0.0581. The van der Waals surface area contributed by atoms with Crippen LogP contribution in [0.1, 0.15) is 10.4 Å². The van der Waals surface area contributed by atoms with E-state index in [0.29, 0.717) is 28.7 Å². The minimum atomic E-state index is -0.548. The molecule has 1 aliphatic rings. The number of nitrogens with zero attached hydrogens (tertiary/aromatic N) is 1. The fourth-order valence-corrected chi connectivity index (χ4v) is 2.60. The highest BCUT2D eigenvalue weighted by Crippen LogP contribution is 2.21. The van der Waals surface area contributed by atoms with Crippen molar-refractivity contribution in [1.82, 2.24) is 10.2 Å². The number of amides is 1. The third-order valence-corrected chi connectivity index (χ3v) is 3.51. The minimum Gasteiger partial charge on any atom is -0.390 e. The van der Waals surface area contributed by atoms with Gasteiger partial charge in [-0.1, -0.05) is 23.2 Å². The Kier molecular flexibility index (Phi) is 4.12. The molecule has 18 heavy (non-hydrogen) atoms. The molecular weight excluding hydrogens is 275 g/mol. The normalized spacial score (nSPS) is 23.1. The van der Waals surface area contributed by atoms with Crippen molar-refractivity contribution in [1.29, 1.82) is 0 Å². The van der Waals surface area contributed by atoms with Crippen molar-refractivity contribution in [3.8, 4) is 0 Å². The van der Waals surface area contributed by atoms with Gasteiger partial charge in [0.05, 0.1) is 12.1 Å². The number of halogens is 2. The summed E-state index contributed by atoms with van der Waals surface area (Å²) in [6.45, 7) is 1.08. The van der Waals surface area contributed by atoms with Crippen LogP contribution in [-0.4, -0.2) is 48.2 Å². The highest BCUT2D eigenvalue weighted by atomic mass is 35.5. The number of hydrogen-bond acceptors (Lipinski definition) is 3. The van der Waals surface area contributed by atoms with E-state index in [1.165, 1.54) is 4.90 Å². The highest BCUT2D eigenvalue weighted by molar-refractivity contribution is 6.35. The molecule has 2 rings (SSSR count). The molecule has 1 fully saturated rings. The topological polar surface area (TPSA) is 52.6 Å². The van der Waals surface area contributed by atoms with E-state index in [1.54, 1.807) is 25.2 Å². The van der Waals surface area contributed by atoms with Crippen LogP contribution in [0, 0.1) is 0 Å². The molecule has 0 bridgehead atoms. The first-order valence-electron chi connectivity index (χ1n) is 5.61. The van der Waals surface area contributed by atoms with Gasteiger partial charge in [0.25, 0.3) is 5.91 Å². The van der Waals surface area contributed by atoms with E-state index in [0.717, 1.165) is 0 Å². The monoisotopic (exact) mass is 288 g/mol. The molecule has 2 N–H and O–H groups in total. The second-order valence-corrected chi connectivity index (χ2v) is 5.24. The Morgan fingerprint density at radius 1 is 1.33 bits per heavy atom. The predicted octanol–water partition coefficient (Wildman–Crippen LogP) is 1.40. The Balaban J connectivity index is 2.19. The first-order valence-corrected chi connectivity index (χ1v) is 6.36. The zero-order valence-corrected chi connectivity index (χ0v) is 11.4. The number of nitrogens with one attached hydrogen (secondary N) is 1. The molecular formula is C12H14Cl2N2O2. The lowest BCUT2D eigenvalue weighted by Gasteiger charge is -2.26. The van der Waals surface area contributed by atoms with Gasteiger partial charge >= 0.3 is 0 Å². The van der Waals surface area contributed by atoms with Gasteiger partial charge in [-0.3, -0.25) is 4.79 Å². The van der Waals surface area contributed by atoms with Crippen molar-refractivity contribution in [2.75, 3.05) is 20.1 Å². The largest absolute Gasteiger partial charge is 0.390 e. The zero-order chi connectivity index (χ0) is 13.3. The fourth-order valence-electron chi connectivity index (χ4n) is 2.08. The van der Waals surface area contributed by atoms with Gasteiger partial charge in [0.2, 0.25) is 0 Å². The standard InChI is InChI=1S/C12H14Cl2N2O2/c1-16(10-5-15-6-11(10)17)12(18)7-2-8(13)4-9(14)3-7/h2-4,10-11,15,17H,5-6H2,1H3/t10-,11-/m0/s1. The van der Waals surface area contributed by atoms with E-state index in [4.69, 9.17) is 23.2 Å². The van der Waals surface area contributed by atoms with E-state index < -0.39 is 6.10 Å². The van der Waals surface area contributed by atoms with Crippen LogP contribution in [0.2, 0.25) is 10.0 Å². The number of hydrogen-bond donors (Lipinski definition) is 2. The number of β-amino-alcohol motifs (C(OH)–C–C–N with tert-alkyl or cyclic N) is 1. The second kappa shape index (κ2) is 5.45. The van der Waals surface area contributed by atoms with Crippen molar-refractivity contribution < 1.29 is 9.90 Å². The molecule has 0 aliphatic carbocycles. The van der Waals surface area contributed by atoms with Crippen molar-refractivity contribution >= 4 is 29.1 Å². The maximum atomic E-state index is 12.3. The maximum Gasteiger partial charge on any atom is 0.254 e. The van der Waals surface area contributed by atoms with Crippen LogP contribution < -0.4 is 5.32 Å². The minimum absolute atomic E-state index is 0.202. The number of aliphatic hydroxyl groups excluding tert-OH is 1. The van der Waals surface area contributed by atoms with Crippen molar-refractivity contribution in [3.05, 3.63) is 33.8 Å². The molecule has 4 nitrogen and oxygen atoms in total. The molecule has 0 unspecified atom stereocenters. The lowest BCUT2D eigenvalue weighted by Crippen LogP contribution is -2.44. The lowest BCUT2D eigenvalue weighted by atomic mass is 10.1. The number of benzene rings is 1. The van der Waals surface area contributed by atoms with Crippen molar-refractivity contribution in [3.63, 3.8) is 0 Å². The molecule has 98 valence electrons. The smallest absolute Gasteiger partial charge is 0.254 e. The Labute approximate surface area is 115 Å². The highest BCUT2D eigenvalue weighted by Gasteiger charge is 2.31. The molecule has 1 heterocycles.